The minimum atomic E-state index is -6.93. The highest BCUT2D eigenvalue weighted by atomic mass is 127. The first-order chi connectivity index (χ1) is 19.2. The van der Waals surface area contributed by atoms with Crippen LogP contribution in [0.4, 0.5) is 59.7 Å². The number of hydrogen-bond donors (Lipinski definition) is 1. The number of halogens is 13. The number of carbonyl (C=O) groups excluding carboxylic acids is 2. The minimum Gasteiger partial charge on any atom is -0.320 e. The Bertz CT molecular complexity index is 1520. The Hall–Kier alpha value is -2.71. The molecule has 3 aromatic rings. The first kappa shape index (κ1) is 33.8. The zero-order valence-corrected chi connectivity index (χ0v) is 24.7. The van der Waals surface area contributed by atoms with Crippen molar-refractivity contribution in [1.82, 2.24) is 0 Å². The topological polar surface area (TPSA) is 49.4 Å². The van der Waals surface area contributed by atoms with Crippen LogP contribution in [0.3, 0.4) is 0 Å². The Morgan fingerprint density at radius 3 is 1.79 bits per heavy atom. The van der Waals surface area contributed by atoms with Crippen molar-refractivity contribution in [2.45, 2.75) is 23.9 Å². The molecule has 3 rings (SSSR count). The number of benzene rings is 3. The third kappa shape index (κ3) is 5.89. The van der Waals surface area contributed by atoms with Crippen LogP contribution in [0.25, 0.3) is 0 Å². The van der Waals surface area contributed by atoms with Crippen LogP contribution in [0.5, 0.6) is 0 Å². The second kappa shape index (κ2) is 11.8. The average molecular weight is 836 g/mol. The van der Waals surface area contributed by atoms with Gasteiger partial charge in [-0.05, 0) is 81.6 Å². The molecule has 0 radical (unpaired) electrons. The van der Waals surface area contributed by atoms with Gasteiger partial charge in [-0.3, -0.25) is 9.59 Å². The second-order valence-electron chi connectivity index (χ2n) is 8.48. The Kier molecular flexibility index (Phi) is 9.46. The van der Waals surface area contributed by atoms with Crippen LogP contribution in [0.1, 0.15) is 26.3 Å². The second-order valence-corrected chi connectivity index (χ2v) is 10.8. The molecule has 0 heterocycles. The lowest BCUT2D eigenvalue weighted by Crippen LogP contribution is -2.59. The summed E-state index contributed by atoms with van der Waals surface area (Å²) in [5.41, 5.74) is -10.4. The maximum atomic E-state index is 15.3. The van der Waals surface area contributed by atoms with Crippen LogP contribution >= 0.6 is 45.2 Å². The molecule has 0 aliphatic rings. The van der Waals surface area contributed by atoms with Crippen LogP contribution in [0, 0.1) is 18.8 Å². The number of hydrogen-bond acceptors (Lipinski definition) is 2. The van der Waals surface area contributed by atoms with Crippen molar-refractivity contribution in [1.29, 1.82) is 0 Å². The van der Waals surface area contributed by atoms with E-state index < -0.39 is 82.6 Å². The molecule has 0 aromatic heterocycles. The number of amides is 2. The van der Waals surface area contributed by atoms with Crippen molar-refractivity contribution >= 4 is 68.4 Å². The van der Waals surface area contributed by atoms with Gasteiger partial charge in [-0.1, -0.05) is 18.2 Å². The fourth-order valence-corrected chi connectivity index (χ4v) is 5.71. The molecular weight excluding hydrogens is 823 g/mol. The third-order valence-electron chi connectivity index (χ3n) is 5.85. The van der Waals surface area contributed by atoms with Gasteiger partial charge in [0, 0.05) is 19.8 Å². The van der Waals surface area contributed by atoms with Crippen molar-refractivity contribution < 1.29 is 57.9 Å². The van der Waals surface area contributed by atoms with Crippen molar-refractivity contribution in [2.75, 3.05) is 17.3 Å². The molecular formula is C25H13F11I2N2O2. The van der Waals surface area contributed by atoms with E-state index in [9.17, 15) is 53.5 Å². The highest BCUT2D eigenvalue weighted by Gasteiger charge is 2.81. The van der Waals surface area contributed by atoms with Gasteiger partial charge in [0.2, 0.25) is 0 Å². The first-order valence-electron chi connectivity index (χ1n) is 11.0. The molecule has 0 fully saturated rings. The van der Waals surface area contributed by atoms with Gasteiger partial charge in [0.1, 0.15) is 5.82 Å². The van der Waals surface area contributed by atoms with E-state index in [-0.39, 0.29) is 12.1 Å². The molecule has 1 unspecified atom stereocenters. The van der Waals surface area contributed by atoms with Crippen LogP contribution < -0.4 is 10.2 Å². The van der Waals surface area contributed by atoms with E-state index in [1.165, 1.54) is 12.1 Å². The standard InChI is InChI=1S/C25H13F11I2N2O2/c1-40(21(42)12-5-2-3-7-14(12)26)17-8-4-6-13(18(17)27)20(41)39-19-15(37)9-11(10-16(19)38)22(28,24(31,32)33)23(29,30)25(34,35)36/h2-10H,1H3,(H,39,41). The maximum Gasteiger partial charge on any atom is 0.457 e. The van der Waals surface area contributed by atoms with Crippen LogP contribution in [-0.2, 0) is 5.67 Å². The summed E-state index contributed by atoms with van der Waals surface area (Å²) < 4.78 is 150. The zero-order chi connectivity index (χ0) is 32.0. The lowest BCUT2D eigenvalue weighted by Gasteiger charge is -2.36. The van der Waals surface area contributed by atoms with Crippen molar-refractivity contribution in [3.63, 3.8) is 0 Å². The minimum absolute atomic E-state index is 0.0408. The molecule has 0 saturated carbocycles. The largest absolute Gasteiger partial charge is 0.457 e. The van der Waals surface area contributed by atoms with Gasteiger partial charge in [0.15, 0.2) is 5.82 Å². The van der Waals surface area contributed by atoms with Gasteiger partial charge in [0.05, 0.1) is 22.5 Å². The van der Waals surface area contributed by atoms with Gasteiger partial charge in [-0.15, -0.1) is 0 Å². The average Bonchev–Trinajstić information content (AvgIpc) is 2.88. The van der Waals surface area contributed by atoms with Gasteiger partial charge in [-0.2, -0.15) is 35.1 Å². The monoisotopic (exact) mass is 836 g/mol. The van der Waals surface area contributed by atoms with Crippen molar-refractivity contribution in [2.24, 2.45) is 0 Å². The highest BCUT2D eigenvalue weighted by molar-refractivity contribution is 14.1. The van der Waals surface area contributed by atoms with E-state index in [1.807, 2.05) is 0 Å². The molecule has 4 nitrogen and oxygen atoms in total. The third-order valence-corrected chi connectivity index (χ3v) is 7.55. The van der Waals surface area contributed by atoms with Gasteiger partial charge < -0.3 is 10.2 Å². The molecule has 0 aliphatic heterocycles. The Morgan fingerprint density at radius 1 is 0.762 bits per heavy atom. The smallest absolute Gasteiger partial charge is 0.320 e. The molecule has 0 bridgehead atoms. The number of anilines is 2. The molecule has 1 atom stereocenters. The van der Waals surface area contributed by atoms with Gasteiger partial charge >= 0.3 is 23.9 Å². The normalized spacial score (nSPS) is 13.9. The zero-order valence-electron chi connectivity index (χ0n) is 20.4. The molecule has 226 valence electrons. The quantitative estimate of drug-likeness (QED) is 0.200. The predicted octanol–water partition coefficient (Wildman–Crippen LogP) is 8.63. The summed E-state index contributed by atoms with van der Waals surface area (Å²) in [5.74, 6) is -11.4. The fraction of sp³-hybridized carbons (Fsp3) is 0.200. The highest BCUT2D eigenvalue weighted by Crippen LogP contribution is 2.58. The molecule has 3 aromatic carbocycles. The summed E-state index contributed by atoms with van der Waals surface area (Å²) >= 11 is 2.33. The first-order valence-corrected chi connectivity index (χ1v) is 13.1. The summed E-state index contributed by atoms with van der Waals surface area (Å²) in [4.78, 5) is 26.3. The molecule has 2 amide bonds. The molecule has 0 aliphatic carbocycles. The van der Waals surface area contributed by atoms with Gasteiger partial charge in [-0.25, -0.2) is 13.2 Å². The van der Waals surface area contributed by atoms with Crippen LogP contribution in [0.2, 0.25) is 0 Å². The van der Waals surface area contributed by atoms with E-state index in [0.29, 0.717) is 4.90 Å². The number of rotatable bonds is 6. The van der Waals surface area contributed by atoms with E-state index in [0.717, 1.165) is 82.6 Å². The molecule has 0 saturated heterocycles. The van der Waals surface area contributed by atoms with E-state index >= 15 is 4.39 Å². The van der Waals surface area contributed by atoms with E-state index in [4.69, 9.17) is 0 Å². The summed E-state index contributed by atoms with van der Waals surface area (Å²) in [6, 6.07) is 8.01. The number of carbonyl (C=O) groups is 2. The van der Waals surface area contributed by atoms with Crippen LogP contribution in [0.15, 0.2) is 54.6 Å². The lowest BCUT2D eigenvalue weighted by atomic mass is 9.87. The molecule has 0 spiro atoms. The van der Waals surface area contributed by atoms with Crippen LogP contribution in [-0.4, -0.2) is 37.1 Å². The Balaban J connectivity index is 2.01. The lowest BCUT2D eigenvalue weighted by molar-refractivity contribution is -0.389. The Labute approximate surface area is 256 Å². The fourth-order valence-electron chi connectivity index (χ4n) is 3.67. The summed E-state index contributed by atoms with van der Waals surface area (Å²) in [6.45, 7) is 0. The summed E-state index contributed by atoms with van der Waals surface area (Å²) in [5, 5.41) is 2.09. The SMILES string of the molecule is CN(C(=O)c1ccccc1F)c1cccc(C(=O)Nc2c(I)cc(C(F)(C(F)(F)F)C(F)(F)C(F)(F)F)cc2I)c1F. The molecule has 17 heteroatoms. The maximum absolute atomic E-state index is 15.3. The predicted molar refractivity (Wildman–Crippen MR) is 145 cm³/mol. The number of nitrogens with zero attached hydrogens (tertiary/aromatic N) is 1. The summed E-state index contributed by atoms with van der Waals surface area (Å²) in [7, 11) is 1.08. The number of alkyl halides is 9. The van der Waals surface area contributed by atoms with Gasteiger partial charge in [0.25, 0.3) is 11.8 Å². The molecule has 42 heavy (non-hydrogen) atoms. The molecule has 1 N–H and O–H groups in total. The van der Waals surface area contributed by atoms with E-state index in [2.05, 4.69) is 5.32 Å². The number of nitrogens with one attached hydrogen (secondary N) is 1. The Morgan fingerprint density at radius 2 is 1.29 bits per heavy atom. The van der Waals surface area contributed by atoms with Crippen molar-refractivity contribution in [3.8, 4) is 0 Å². The van der Waals surface area contributed by atoms with E-state index in [1.54, 1.807) is 0 Å². The summed E-state index contributed by atoms with van der Waals surface area (Å²) in [6.07, 6.45) is -13.6. The van der Waals surface area contributed by atoms with Crippen molar-refractivity contribution in [3.05, 3.63) is 90.1 Å².